The highest BCUT2D eigenvalue weighted by Gasteiger charge is 2.42. The number of benzene rings is 3. The van der Waals surface area contributed by atoms with Gasteiger partial charge in [0.2, 0.25) is 0 Å². The molecule has 0 aliphatic carbocycles. The third-order valence-electron chi connectivity index (χ3n) is 4.59. The van der Waals surface area contributed by atoms with Crippen LogP contribution >= 0.6 is 18.6 Å². The highest BCUT2D eigenvalue weighted by atomic mass is 32.1. The van der Waals surface area contributed by atoms with Crippen LogP contribution in [0.15, 0.2) is 96.5 Å². The van der Waals surface area contributed by atoms with E-state index in [4.69, 9.17) is 0 Å². The van der Waals surface area contributed by atoms with Gasteiger partial charge in [0.15, 0.2) is 0 Å². The van der Waals surface area contributed by atoms with Gasteiger partial charge >= 0.3 is 0 Å². The lowest BCUT2D eigenvalue weighted by atomic mass is 10.2. The van der Waals surface area contributed by atoms with E-state index in [2.05, 4.69) is 96.6 Å². The van der Waals surface area contributed by atoms with Crippen molar-refractivity contribution in [2.24, 2.45) is 0 Å². The summed E-state index contributed by atoms with van der Waals surface area (Å²) >= 11 is 1.70. The first-order chi connectivity index (χ1) is 12.3. The monoisotopic (exact) mass is 360 g/mol. The minimum atomic E-state index is -1.74. The minimum Gasteiger partial charge on any atom is -0.244 e. The van der Waals surface area contributed by atoms with Crippen molar-refractivity contribution in [3.63, 3.8) is 0 Å². The summed E-state index contributed by atoms with van der Waals surface area (Å²) in [5.41, 5.74) is 1.25. The van der Waals surface area contributed by atoms with Crippen molar-refractivity contribution < 1.29 is 0 Å². The Hall–Kier alpha value is -2.28. The third kappa shape index (κ3) is 2.93. The van der Waals surface area contributed by atoms with Crippen molar-refractivity contribution in [3.05, 3.63) is 96.5 Å². The molecule has 4 rings (SSSR count). The van der Waals surface area contributed by atoms with Crippen molar-refractivity contribution in [1.82, 2.24) is 4.98 Å². The predicted octanol–water partition coefficient (Wildman–Crippen LogP) is 4.73. The van der Waals surface area contributed by atoms with Gasteiger partial charge in [-0.15, -0.1) is 11.3 Å². The van der Waals surface area contributed by atoms with Crippen LogP contribution in [0, 0.1) is 0 Å². The van der Waals surface area contributed by atoms with Gasteiger partial charge in [-0.1, -0.05) is 48.5 Å². The number of rotatable bonds is 4. The molecule has 0 aliphatic heterocycles. The molecule has 1 heterocycles. The van der Waals surface area contributed by atoms with Crippen LogP contribution in [0.5, 0.6) is 0 Å². The minimum absolute atomic E-state index is 1.09. The topological polar surface area (TPSA) is 12.9 Å². The molecule has 0 bridgehead atoms. The van der Waals surface area contributed by atoms with Crippen molar-refractivity contribution in [1.29, 1.82) is 0 Å². The van der Waals surface area contributed by atoms with E-state index in [0.717, 1.165) is 5.01 Å². The fraction of sp³-hybridized carbons (Fsp3) is 0.0455. The van der Waals surface area contributed by atoms with Crippen LogP contribution in [-0.4, -0.2) is 11.6 Å². The molecule has 3 aromatic carbocycles. The second kappa shape index (κ2) is 6.92. The van der Waals surface area contributed by atoms with E-state index in [1.165, 1.54) is 21.5 Å². The number of hydrogen-bond donors (Lipinski definition) is 0. The van der Waals surface area contributed by atoms with Crippen LogP contribution < -0.4 is 15.9 Å². The van der Waals surface area contributed by atoms with Crippen molar-refractivity contribution in [2.75, 3.05) is 6.66 Å². The Morgan fingerprint density at radius 2 is 1.28 bits per heavy atom. The van der Waals surface area contributed by atoms with E-state index in [0.29, 0.717) is 0 Å². The Labute approximate surface area is 153 Å². The molecule has 0 spiro atoms. The zero-order valence-corrected chi connectivity index (χ0v) is 15.8. The Morgan fingerprint density at radius 3 is 1.84 bits per heavy atom. The standard InChI is InChI=1S/C22H19NPS/c1-24(18-10-4-2-5-11-18,19-12-6-3-7-13-19)21-15-9-8-14-20(21)22-23-16-17-25-22/h2-17H,1H3/q+1. The van der Waals surface area contributed by atoms with Crippen LogP contribution in [-0.2, 0) is 0 Å². The highest BCUT2D eigenvalue weighted by molar-refractivity contribution is 7.95. The Kier molecular flexibility index (Phi) is 4.48. The molecular weight excluding hydrogens is 341 g/mol. The maximum atomic E-state index is 4.58. The molecule has 1 aromatic heterocycles. The summed E-state index contributed by atoms with van der Waals surface area (Å²) in [5.74, 6) is 0. The number of nitrogens with zero attached hydrogens (tertiary/aromatic N) is 1. The SMILES string of the molecule is C[P+](c1ccccc1)(c1ccccc1)c1ccccc1-c1nccs1. The van der Waals surface area contributed by atoms with Crippen molar-refractivity contribution in [2.45, 2.75) is 0 Å². The first-order valence-electron chi connectivity index (χ1n) is 8.27. The first-order valence-corrected chi connectivity index (χ1v) is 11.4. The van der Waals surface area contributed by atoms with Crippen LogP contribution in [0.25, 0.3) is 10.6 Å². The van der Waals surface area contributed by atoms with Gasteiger partial charge < -0.3 is 0 Å². The molecule has 122 valence electrons. The molecule has 0 fully saturated rings. The van der Waals surface area contributed by atoms with Gasteiger partial charge in [-0.3, -0.25) is 0 Å². The van der Waals surface area contributed by atoms with Gasteiger partial charge in [-0.2, -0.15) is 0 Å². The summed E-state index contributed by atoms with van der Waals surface area (Å²) in [4.78, 5) is 4.58. The van der Waals surface area contributed by atoms with E-state index < -0.39 is 7.26 Å². The van der Waals surface area contributed by atoms with Gasteiger partial charge in [0.05, 0.1) is 12.2 Å². The number of thiazole rings is 1. The smallest absolute Gasteiger partial charge is 0.127 e. The van der Waals surface area contributed by atoms with E-state index in [1.54, 1.807) is 11.3 Å². The van der Waals surface area contributed by atoms with Gasteiger partial charge in [0, 0.05) is 11.6 Å². The van der Waals surface area contributed by atoms with Gasteiger partial charge in [0.25, 0.3) is 0 Å². The Morgan fingerprint density at radius 1 is 0.720 bits per heavy atom. The van der Waals surface area contributed by atoms with Crippen LogP contribution in [0.2, 0.25) is 0 Å². The highest BCUT2D eigenvalue weighted by Crippen LogP contribution is 2.53. The van der Waals surface area contributed by atoms with Gasteiger partial charge in [-0.05, 0) is 36.4 Å². The zero-order valence-electron chi connectivity index (χ0n) is 14.0. The molecule has 0 N–H and O–H groups in total. The molecule has 0 amide bonds. The largest absolute Gasteiger partial charge is 0.244 e. The molecule has 0 atom stereocenters. The van der Waals surface area contributed by atoms with Crippen molar-refractivity contribution in [3.8, 4) is 10.6 Å². The summed E-state index contributed by atoms with van der Waals surface area (Å²) < 4.78 is 0. The molecule has 0 radical (unpaired) electrons. The second-order valence-electron chi connectivity index (χ2n) is 6.03. The molecular formula is C22H19NPS+. The maximum absolute atomic E-state index is 4.58. The van der Waals surface area contributed by atoms with E-state index in [1.807, 2.05) is 11.6 Å². The summed E-state index contributed by atoms with van der Waals surface area (Å²) in [5, 5.41) is 7.32. The predicted molar refractivity (Wildman–Crippen MR) is 112 cm³/mol. The number of hydrogen-bond acceptors (Lipinski definition) is 2. The zero-order chi connectivity index (χ0) is 17.1. The molecule has 4 aromatic rings. The van der Waals surface area contributed by atoms with Gasteiger partial charge in [-0.25, -0.2) is 4.98 Å². The van der Waals surface area contributed by atoms with Crippen molar-refractivity contribution >= 4 is 34.5 Å². The molecule has 0 saturated heterocycles. The fourth-order valence-corrected chi connectivity index (χ4v) is 7.47. The molecule has 3 heteroatoms. The molecule has 25 heavy (non-hydrogen) atoms. The lowest BCUT2D eigenvalue weighted by Crippen LogP contribution is -2.31. The molecule has 0 aliphatic rings. The summed E-state index contributed by atoms with van der Waals surface area (Å²) in [6.45, 7) is 2.42. The number of aromatic nitrogens is 1. The summed E-state index contributed by atoms with van der Waals surface area (Å²) in [7, 11) is -1.74. The van der Waals surface area contributed by atoms with E-state index >= 15 is 0 Å². The summed E-state index contributed by atoms with van der Waals surface area (Å²) in [6.07, 6.45) is 1.89. The Balaban J connectivity index is 2.01. The summed E-state index contributed by atoms with van der Waals surface area (Å²) in [6, 6.07) is 30.5. The van der Waals surface area contributed by atoms with Crippen LogP contribution in [0.1, 0.15) is 0 Å². The molecule has 0 saturated carbocycles. The van der Waals surface area contributed by atoms with Gasteiger partial charge in [0.1, 0.15) is 28.2 Å². The van der Waals surface area contributed by atoms with Crippen LogP contribution in [0.4, 0.5) is 0 Å². The maximum Gasteiger partial charge on any atom is 0.127 e. The average Bonchev–Trinajstić information content (AvgIpc) is 3.23. The van der Waals surface area contributed by atoms with Crippen LogP contribution in [0.3, 0.4) is 0 Å². The normalized spacial score (nSPS) is 11.4. The lowest BCUT2D eigenvalue weighted by molar-refractivity contribution is 1.42. The quantitative estimate of drug-likeness (QED) is 0.479. The van der Waals surface area contributed by atoms with E-state index in [9.17, 15) is 0 Å². The average molecular weight is 360 g/mol. The van der Waals surface area contributed by atoms with E-state index in [-0.39, 0.29) is 0 Å². The lowest BCUT2D eigenvalue weighted by Gasteiger charge is -2.24. The fourth-order valence-electron chi connectivity index (χ4n) is 3.28. The first kappa shape index (κ1) is 16.2. The molecule has 1 nitrogen and oxygen atoms in total. The second-order valence-corrected chi connectivity index (χ2v) is 10.5. The third-order valence-corrected chi connectivity index (χ3v) is 9.42. The molecule has 0 unspecified atom stereocenters. The Bertz CT molecular complexity index is 910.